The molecule has 0 aromatic carbocycles. The summed E-state index contributed by atoms with van der Waals surface area (Å²) in [6, 6.07) is 0. The van der Waals surface area contributed by atoms with E-state index in [1.165, 1.54) is 23.3 Å². The van der Waals surface area contributed by atoms with E-state index in [1.807, 2.05) is 11.8 Å². The molecule has 0 aromatic heterocycles. The highest BCUT2D eigenvalue weighted by molar-refractivity contribution is 8.02. The molecule has 0 radical (unpaired) electrons. The lowest BCUT2D eigenvalue weighted by Gasteiger charge is -2.14. The monoisotopic (exact) mass is 154 g/mol. The summed E-state index contributed by atoms with van der Waals surface area (Å²) in [6.07, 6.45) is 6.98. The minimum atomic E-state index is 1.24. The van der Waals surface area contributed by atoms with Crippen molar-refractivity contribution in [1.29, 1.82) is 0 Å². The molecule has 10 heavy (non-hydrogen) atoms. The number of thioether (sulfide) groups is 1. The maximum absolute atomic E-state index is 2.34. The maximum Gasteiger partial charge on any atom is 0.00580 e. The molecule has 1 aliphatic rings. The van der Waals surface area contributed by atoms with Gasteiger partial charge in [-0.25, -0.2) is 0 Å². The highest BCUT2D eigenvalue weighted by Crippen LogP contribution is 2.30. The van der Waals surface area contributed by atoms with Crippen molar-refractivity contribution in [3.63, 3.8) is 0 Å². The van der Waals surface area contributed by atoms with Gasteiger partial charge in [0, 0.05) is 4.91 Å². The van der Waals surface area contributed by atoms with Crippen LogP contribution in [0.4, 0.5) is 0 Å². The first-order chi connectivity index (χ1) is 4.75. The summed E-state index contributed by atoms with van der Waals surface area (Å²) >= 11 is 1.86. The van der Waals surface area contributed by atoms with Gasteiger partial charge < -0.3 is 0 Å². The van der Waals surface area contributed by atoms with Crippen molar-refractivity contribution in [2.24, 2.45) is 0 Å². The van der Waals surface area contributed by atoms with Gasteiger partial charge in [-0.2, -0.15) is 0 Å². The molecule has 0 spiro atoms. The first kappa shape index (κ1) is 7.93. The van der Waals surface area contributed by atoms with Crippen LogP contribution in [0, 0.1) is 0 Å². The molecular weight excluding hydrogens is 140 g/mol. The third-order valence-electron chi connectivity index (χ3n) is 2.08. The summed E-state index contributed by atoms with van der Waals surface area (Å²) in [4.78, 5) is 1.48. The van der Waals surface area contributed by atoms with E-state index in [9.17, 15) is 0 Å². The van der Waals surface area contributed by atoms with Crippen LogP contribution in [0.15, 0.2) is 22.1 Å². The van der Waals surface area contributed by atoms with Crippen LogP contribution >= 0.6 is 11.8 Å². The van der Waals surface area contributed by atoms with E-state index < -0.39 is 0 Å². The molecule has 0 unspecified atom stereocenters. The van der Waals surface area contributed by atoms with Gasteiger partial charge in [0.2, 0.25) is 0 Å². The molecule has 0 bridgehead atoms. The Morgan fingerprint density at radius 2 is 2.10 bits per heavy atom. The first-order valence-corrected chi connectivity index (χ1v) is 4.89. The lowest BCUT2D eigenvalue weighted by Crippen LogP contribution is -1.92. The van der Waals surface area contributed by atoms with Gasteiger partial charge in [0.25, 0.3) is 0 Å². The molecule has 0 nitrogen and oxygen atoms in total. The summed E-state index contributed by atoms with van der Waals surface area (Å²) in [5.41, 5.74) is 3.06. The summed E-state index contributed by atoms with van der Waals surface area (Å²) < 4.78 is 0. The van der Waals surface area contributed by atoms with Crippen molar-refractivity contribution >= 4 is 11.8 Å². The van der Waals surface area contributed by atoms with E-state index in [-0.39, 0.29) is 0 Å². The van der Waals surface area contributed by atoms with Gasteiger partial charge >= 0.3 is 0 Å². The van der Waals surface area contributed by atoms with Crippen LogP contribution < -0.4 is 0 Å². The summed E-state index contributed by atoms with van der Waals surface area (Å²) in [7, 11) is 0. The van der Waals surface area contributed by atoms with Crippen LogP contribution in [0.1, 0.15) is 26.7 Å². The summed E-state index contributed by atoms with van der Waals surface area (Å²) in [6.45, 7) is 4.45. The Hall–Kier alpha value is -0.170. The van der Waals surface area contributed by atoms with Crippen LogP contribution in [0.3, 0.4) is 0 Å². The molecule has 0 aliphatic heterocycles. The molecule has 0 saturated heterocycles. The van der Waals surface area contributed by atoms with Crippen molar-refractivity contribution < 1.29 is 0 Å². The molecule has 0 atom stereocenters. The molecular formula is C9H14S. The molecule has 0 heterocycles. The van der Waals surface area contributed by atoms with E-state index in [0.29, 0.717) is 0 Å². The molecule has 1 aliphatic carbocycles. The molecule has 1 rings (SSSR count). The predicted octanol–water partition coefficient (Wildman–Crippen LogP) is 3.36. The summed E-state index contributed by atoms with van der Waals surface area (Å²) in [5.74, 6) is 0. The van der Waals surface area contributed by atoms with Gasteiger partial charge in [0.05, 0.1) is 0 Å². The fraction of sp³-hybridized carbons (Fsp3) is 0.556. The van der Waals surface area contributed by atoms with Crippen LogP contribution in [0.25, 0.3) is 0 Å². The second-order valence-electron chi connectivity index (χ2n) is 2.72. The number of hydrogen-bond acceptors (Lipinski definition) is 1. The molecule has 0 fully saturated rings. The van der Waals surface area contributed by atoms with Gasteiger partial charge in [-0.15, -0.1) is 11.8 Å². The zero-order chi connectivity index (χ0) is 7.56. The van der Waals surface area contributed by atoms with E-state index in [1.54, 1.807) is 5.57 Å². The van der Waals surface area contributed by atoms with Gasteiger partial charge in [-0.1, -0.05) is 11.6 Å². The van der Waals surface area contributed by atoms with Crippen molar-refractivity contribution in [2.75, 3.05) is 6.26 Å². The van der Waals surface area contributed by atoms with E-state index in [2.05, 4.69) is 26.2 Å². The van der Waals surface area contributed by atoms with Crippen molar-refractivity contribution in [2.45, 2.75) is 26.7 Å². The van der Waals surface area contributed by atoms with Crippen LogP contribution in [0.5, 0.6) is 0 Å². The maximum atomic E-state index is 2.34. The van der Waals surface area contributed by atoms with Crippen LogP contribution in [-0.2, 0) is 0 Å². The average molecular weight is 154 g/mol. The minimum Gasteiger partial charge on any atom is -0.130 e. The zero-order valence-corrected chi connectivity index (χ0v) is 7.72. The third kappa shape index (κ3) is 1.46. The molecule has 0 saturated carbocycles. The quantitative estimate of drug-likeness (QED) is 0.558. The summed E-state index contributed by atoms with van der Waals surface area (Å²) in [5, 5.41) is 0. The highest BCUT2D eigenvalue weighted by atomic mass is 32.2. The normalized spacial score (nSPS) is 19.3. The van der Waals surface area contributed by atoms with E-state index in [4.69, 9.17) is 0 Å². The first-order valence-electron chi connectivity index (χ1n) is 3.66. The lowest BCUT2D eigenvalue weighted by atomic mass is 10.0. The second-order valence-corrected chi connectivity index (χ2v) is 3.56. The molecule has 0 amide bonds. The van der Waals surface area contributed by atoms with Gasteiger partial charge in [-0.3, -0.25) is 0 Å². The SMILES string of the molecule is CSC1=CCCC(C)=C1C. The number of allylic oxidation sites excluding steroid dienone is 3. The van der Waals surface area contributed by atoms with Crippen molar-refractivity contribution in [1.82, 2.24) is 0 Å². The molecule has 0 aromatic rings. The lowest BCUT2D eigenvalue weighted by molar-refractivity contribution is 0.935. The van der Waals surface area contributed by atoms with Gasteiger partial charge in [0.1, 0.15) is 0 Å². The number of hydrogen-bond donors (Lipinski definition) is 0. The Labute approximate surface area is 67.4 Å². The Bertz CT molecular complexity index is 187. The van der Waals surface area contributed by atoms with Crippen molar-refractivity contribution in [3.05, 3.63) is 22.1 Å². The van der Waals surface area contributed by atoms with E-state index in [0.717, 1.165) is 0 Å². The van der Waals surface area contributed by atoms with Crippen LogP contribution in [0.2, 0.25) is 0 Å². The molecule has 0 N–H and O–H groups in total. The number of rotatable bonds is 1. The minimum absolute atomic E-state index is 1.24. The third-order valence-corrected chi connectivity index (χ3v) is 2.99. The highest BCUT2D eigenvalue weighted by Gasteiger charge is 2.06. The fourth-order valence-electron chi connectivity index (χ4n) is 1.21. The Morgan fingerprint density at radius 3 is 2.60 bits per heavy atom. The second kappa shape index (κ2) is 3.29. The molecule has 1 heteroatoms. The van der Waals surface area contributed by atoms with Gasteiger partial charge in [0.15, 0.2) is 0 Å². The standard InChI is InChI=1S/C9H14S/c1-7-5-4-6-9(10-3)8(7)2/h6H,4-5H2,1-3H3. The van der Waals surface area contributed by atoms with Crippen molar-refractivity contribution in [3.8, 4) is 0 Å². The zero-order valence-electron chi connectivity index (χ0n) is 6.90. The van der Waals surface area contributed by atoms with Crippen LogP contribution in [-0.4, -0.2) is 6.26 Å². The topological polar surface area (TPSA) is 0 Å². The molecule has 56 valence electrons. The van der Waals surface area contributed by atoms with Gasteiger partial charge in [-0.05, 0) is 38.5 Å². The fourth-order valence-corrected chi connectivity index (χ4v) is 1.97. The largest absolute Gasteiger partial charge is 0.130 e. The van der Waals surface area contributed by atoms with E-state index >= 15 is 0 Å². The smallest absolute Gasteiger partial charge is 0.00580 e. The average Bonchev–Trinajstić information content (AvgIpc) is 1.95. The Balaban J connectivity index is 2.83. The predicted molar refractivity (Wildman–Crippen MR) is 49.2 cm³/mol. The Kier molecular flexibility index (Phi) is 2.61. The Morgan fingerprint density at radius 1 is 1.40 bits per heavy atom.